The van der Waals surface area contributed by atoms with Gasteiger partial charge in [-0.05, 0) is 54.4 Å². The Hall–Kier alpha value is -4.27. The van der Waals surface area contributed by atoms with Gasteiger partial charge in [-0.25, -0.2) is 14.0 Å². The summed E-state index contributed by atoms with van der Waals surface area (Å²) in [4.78, 5) is 28.3. The number of para-hydroxylation sites is 1. The molecule has 2 amide bonds. The van der Waals surface area contributed by atoms with Gasteiger partial charge in [-0.3, -0.25) is 0 Å². The van der Waals surface area contributed by atoms with E-state index in [-0.39, 0.29) is 24.2 Å². The molecule has 2 atom stereocenters. The number of amides is 2. The molecule has 0 bridgehead atoms. The summed E-state index contributed by atoms with van der Waals surface area (Å²) >= 11 is 0. The zero-order valence-corrected chi connectivity index (χ0v) is 22.3. The number of hydrogen-bond acceptors (Lipinski definition) is 5. The number of halogens is 1. The third-order valence-corrected chi connectivity index (χ3v) is 6.87. The maximum absolute atomic E-state index is 14.0. The van der Waals surface area contributed by atoms with Gasteiger partial charge in [0.1, 0.15) is 11.5 Å². The molecule has 2 unspecified atom stereocenters. The first-order valence-electron chi connectivity index (χ1n) is 12.7. The predicted octanol–water partition coefficient (Wildman–Crippen LogP) is 5.00. The third kappa shape index (κ3) is 6.79. The van der Waals surface area contributed by atoms with Crippen molar-refractivity contribution in [2.75, 3.05) is 27.3 Å². The number of likely N-dealkylation sites (N-methyl/N-ethyl adjacent to an activating group) is 1. The standard InChI is InChI=1S/C30H33FN2O6/c1-30(28(34)35,39-27-10-5-4-9-26(27)31)18-21-11-13-24(14-12-21)38-16-15-23-20-33(29(36)32(23)2)19-22-7-6-8-25(17-22)37-3/h4-14,17,23H,15-16,18-20H2,1-3H3,(H,34,35). The maximum Gasteiger partial charge on any atom is 0.348 e. The van der Waals surface area contributed by atoms with Crippen molar-refractivity contribution in [3.05, 3.63) is 89.7 Å². The summed E-state index contributed by atoms with van der Waals surface area (Å²) in [6.45, 7) is 2.95. The van der Waals surface area contributed by atoms with Crippen LogP contribution in [-0.4, -0.2) is 65.9 Å². The van der Waals surface area contributed by atoms with Gasteiger partial charge in [0.25, 0.3) is 0 Å². The van der Waals surface area contributed by atoms with Crippen LogP contribution in [0.4, 0.5) is 9.18 Å². The molecule has 1 heterocycles. The molecular formula is C30H33FN2O6. The minimum absolute atomic E-state index is 0.0220. The van der Waals surface area contributed by atoms with Crippen molar-refractivity contribution in [3.8, 4) is 17.2 Å². The molecule has 0 aliphatic carbocycles. The first-order valence-corrected chi connectivity index (χ1v) is 12.7. The molecule has 1 fully saturated rings. The van der Waals surface area contributed by atoms with E-state index in [9.17, 15) is 19.1 Å². The highest BCUT2D eigenvalue weighted by molar-refractivity contribution is 5.78. The monoisotopic (exact) mass is 536 g/mol. The number of nitrogens with zero attached hydrogens (tertiary/aromatic N) is 2. The first-order chi connectivity index (χ1) is 18.7. The van der Waals surface area contributed by atoms with Crippen LogP contribution >= 0.6 is 0 Å². The van der Waals surface area contributed by atoms with Crippen LogP contribution in [0.15, 0.2) is 72.8 Å². The number of carboxylic acid groups (broad SMARTS) is 1. The highest BCUT2D eigenvalue weighted by Gasteiger charge is 2.37. The van der Waals surface area contributed by atoms with Crippen molar-refractivity contribution in [2.45, 2.75) is 38.0 Å². The molecule has 1 N–H and O–H groups in total. The largest absolute Gasteiger partial charge is 0.497 e. The zero-order valence-electron chi connectivity index (χ0n) is 22.3. The van der Waals surface area contributed by atoms with E-state index in [0.29, 0.717) is 37.4 Å². The molecule has 0 saturated carbocycles. The lowest BCUT2D eigenvalue weighted by Crippen LogP contribution is -2.43. The lowest BCUT2D eigenvalue weighted by Gasteiger charge is -2.26. The van der Waals surface area contributed by atoms with E-state index in [2.05, 4.69) is 0 Å². The number of carbonyl (C=O) groups is 2. The van der Waals surface area contributed by atoms with E-state index in [1.165, 1.54) is 25.1 Å². The number of hydrogen-bond donors (Lipinski definition) is 1. The topological polar surface area (TPSA) is 88.5 Å². The van der Waals surface area contributed by atoms with Gasteiger partial charge in [0, 0.05) is 33.0 Å². The van der Waals surface area contributed by atoms with E-state index < -0.39 is 17.4 Å². The van der Waals surface area contributed by atoms with Gasteiger partial charge in [0.15, 0.2) is 11.6 Å². The Kier molecular flexibility index (Phi) is 8.59. The number of carboxylic acids is 1. The van der Waals surface area contributed by atoms with Gasteiger partial charge in [-0.2, -0.15) is 0 Å². The molecule has 0 radical (unpaired) electrons. The maximum atomic E-state index is 14.0. The normalized spacial score (nSPS) is 16.6. The average molecular weight is 537 g/mol. The second kappa shape index (κ2) is 12.1. The van der Waals surface area contributed by atoms with Crippen molar-refractivity contribution in [1.82, 2.24) is 9.80 Å². The lowest BCUT2D eigenvalue weighted by molar-refractivity contribution is -0.153. The number of carbonyl (C=O) groups excluding carboxylic acids is 1. The minimum Gasteiger partial charge on any atom is -0.497 e. The number of methoxy groups -OCH3 is 1. The van der Waals surface area contributed by atoms with Crippen LogP contribution in [0.1, 0.15) is 24.5 Å². The molecule has 1 aliphatic rings. The van der Waals surface area contributed by atoms with Gasteiger partial charge in [-0.15, -0.1) is 0 Å². The third-order valence-electron chi connectivity index (χ3n) is 6.87. The number of aliphatic carboxylic acids is 1. The zero-order chi connectivity index (χ0) is 28.0. The Morgan fingerprint density at radius 3 is 2.49 bits per heavy atom. The first kappa shape index (κ1) is 27.8. The average Bonchev–Trinajstić information content (AvgIpc) is 3.18. The summed E-state index contributed by atoms with van der Waals surface area (Å²) in [6.07, 6.45) is 0.696. The van der Waals surface area contributed by atoms with Crippen molar-refractivity contribution in [1.29, 1.82) is 0 Å². The Bertz CT molecular complexity index is 1300. The molecule has 1 saturated heterocycles. The smallest absolute Gasteiger partial charge is 0.348 e. The highest BCUT2D eigenvalue weighted by Crippen LogP contribution is 2.27. The van der Waals surface area contributed by atoms with Crippen molar-refractivity contribution in [2.24, 2.45) is 0 Å². The summed E-state index contributed by atoms with van der Waals surface area (Å²) < 4.78 is 30.8. The Morgan fingerprint density at radius 2 is 1.79 bits per heavy atom. The van der Waals surface area contributed by atoms with Crippen LogP contribution in [0.25, 0.3) is 0 Å². The van der Waals surface area contributed by atoms with E-state index in [0.717, 1.165) is 11.3 Å². The lowest BCUT2D eigenvalue weighted by atomic mass is 9.96. The van der Waals surface area contributed by atoms with Crippen LogP contribution < -0.4 is 14.2 Å². The fourth-order valence-electron chi connectivity index (χ4n) is 4.57. The van der Waals surface area contributed by atoms with Gasteiger partial charge in [-0.1, -0.05) is 36.4 Å². The quantitative estimate of drug-likeness (QED) is 0.350. The summed E-state index contributed by atoms with van der Waals surface area (Å²) in [6, 6.07) is 20.5. The van der Waals surface area contributed by atoms with Crippen LogP contribution in [-0.2, 0) is 17.8 Å². The van der Waals surface area contributed by atoms with Crippen LogP contribution in [0.3, 0.4) is 0 Å². The number of urea groups is 1. The molecule has 3 aromatic rings. The Balaban J connectivity index is 1.29. The molecule has 206 valence electrons. The molecule has 39 heavy (non-hydrogen) atoms. The second-order valence-electron chi connectivity index (χ2n) is 9.81. The fourth-order valence-corrected chi connectivity index (χ4v) is 4.57. The summed E-state index contributed by atoms with van der Waals surface area (Å²) in [7, 11) is 3.42. The van der Waals surface area contributed by atoms with E-state index >= 15 is 0 Å². The molecule has 9 heteroatoms. The predicted molar refractivity (Wildman–Crippen MR) is 144 cm³/mol. The number of benzene rings is 3. The molecule has 1 aliphatic heterocycles. The van der Waals surface area contributed by atoms with E-state index in [4.69, 9.17) is 14.2 Å². The van der Waals surface area contributed by atoms with Crippen molar-refractivity contribution < 1.29 is 33.3 Å². The summed E-state index contributed by atoms with van der Waals surface area (Å²) in [5.41, 5.74) is 0.0604. The van der Waals surface area contributed by atoms with Gasteiger partial charge in [0.2, 0.25) is 5.60 Å². The van der Waals surface area contributed by atoms with Gasteiger partial charge < -0.3 is 29.1 Å². The van der Waals surface area contributed by atoms with Crippen LogP contribution in [0, 0.1) is 5.82 Å². The van der Waals surface area contributed by atoms with E-state index in [1.807, 2.05) is 29.2 Å². The van der Waals surface area contributed by atoms with Crippen molar-refractivity contribution in [3.63, 3.8) is 0 Å². The Morgan fingerprint density at radius 1 is 1.05 bits per heavy atom. The highest BCUT2D eigenvalue weighted by atomic mass is 19.1. The molecule has 3 aromatic carbocycles. The molecule has 8 nitrogen and oxygen atoms in total. The van der Waals surface area contributed by atoms with Crippen LogP contribution in [0.5, 0.6) is 17.2 Å². The fraction of sp³-hybridized carbons (Fsp3) is 0.333. The number of rotatable bonds is 12. The number of ether oxygens (including phenoxy) is 3. The van der Waals surface area contributed by atoms with Crippen LogP contribution in [0.2, 0.25) is 0 Å². The Labute approximate surface area is 227 Å². The molecular weight excluding hydrogens is 503 g/mol. The van der Waals surface area contributed by atoms with Gasteiger partial charge in [0.05, 0.1) is 19.8 Å². The summed E-state index contributed by atoms with van der Waals surface area (Å²) in [5, 5.41) is 9.78. The minimum atomic E-state index is -1.65. The molecule has 0 spiro atoms. The second-order valence-corrected chi connectivity index (χ2v) is 9.81. The van der Waals surface area contributed by atoms with Gasteiger partial charge >= 0.3 is 12.0 Å². The SMILES string of the molecule is COc1cccc(CN2CC(CCOc3ccc(CC(C)(Oc4ccccc4F)C(=O)O)cc3)N(C)C2=O)c1. The summed E-state index contributed by atoms with van der Waals surface area (Å²) in [5.74, 6) is -0.534. The molecule has 0 aromatic heterocycles. The molecule has 4 rings (SSSR count). The van der Waals surface area contributed by atoms with Crippen molar-refractivity contribution >= 4 is 12.0 Å². The van der Waals surface area contributed by atoms with E-state index in [1.54, 1.807) is 49.4 Å².